The number of azide groups is 1. The third-order valence-corrected chi connectivity index (χ3v) is 2.22. The molecule has 0 spiro atoms. The van der Waals surface area contributed by atoms with E-state index in [-0.39, 0.29) is 6.04 Å². The van der Waals surface area contributed by atoms with Crippen molar-refractivity contribution >= 4 is 11.3 Å². The van der Waals surface area contributed by atoms with E-state index in [1.807, 2.05) is 24.4 Å². The van der Waals surface area contributed by atoms with E-state index in [4.69, 9.17) is 20.4 Å². The lowest BCUT2D eigenvalue weighted by Gasteiger charge is -1.96. The summed E-state index contributed by atoms with van der Waals surface area (Å²) in [4.78, 5) is 3.83. The Balaban J connectivity index is -0.0000000639. The lowest BCUT2D eigenvalue weighted by Crippen LogP contribution is -1.79. The average molecular weight is 173 g/mol. The summed E-state index contributed by atoms with van der Waals surface area (Å²) >= 11 is 1.61. The van der Waals surface area contributed by atoms with Crippen molar-refractivity contribution in [3.8, 4) is 0 Å². The highest BCUT2D eigenvalue weighted by molar-refractivity contribution is 7.10. The molecular weight excluding hydrogens is 146 g/mol. The average Bonchev–Trinajstić information content (AvgIpc) is 3.12. The van der Waals surface area contributed by atoms with E-state index in [0.717, 1.165) is 4.88 Å². The second kappa shape index (κ2) is 3.25. The maximum absolute atomic E-state index is 8.10. The number of thiophene rings is 1. The van der Waals surface area contributed by atoms with Crippen LogP contribution < -0.4 is 0 Å². The standard InChI is InChI=1S/C6H7N3S.5H2/c1-5(8-9-7)6-3-2-4-10-6;;;;;/h2-5H,1H3;5*1H/i;5*1+1D. The van der Waals surface area contributed by atoms with Crippen molar-refractivity contribution in [2.75, 3.05) is 0 Å². The molecule has 0 amide bonds. The molecule has 1 atom stereocenters. The van der Waals surface area contributed by atoms with Gasteiger partial charge in [-0.15, -0.1) is 11.3 Å². The zero-order chi connectivity index (χ0) is 17.4. The van der Waals surface area contributed by atoms with Gasteiger partial charge < -0.3 is 0 Å². The van der Waals surface area contributed by atoms with Crippen molar-refractivity contribution in [3.63, 3.8) is 0 Å². The smallest absolute Gasteiger partial charge is 0.0690 e. The molecule has 0 radical (unpaired) electrons. The molecule has 62 valence electrons. The summed E-state index contributed by atoms with van der Waals surface area (Å²) in [5.74, 6) is 0. The van der Waals surface area contributed by atoms with Crippen molar-refractivity contribution in [2.24, 2.45) is 5.11 Å². The second-order valence-electron chi connectivity index (χ2n) is 1.90. The van der Waals surface area contributed by atoms with Crippen LogP contribution in [-0.4, -0.2) is 0 Å². The SMILES string of the molecule is CC(N=[N+]=[N-])c1cccs1.[2H][2H].[2H][2H].[2H][2H].[2H][2H].[2H][2H]. The van der Waals surface area contributed by atoms with Crippen LogP contribution in [-0.2, 0) is 0 Å². The topological polar surface area (TPSA) is 48.8 Å². The minimum absolute atomic E-state index is 0.0231. The molecule has 0 saturated carbocycles. The molecule has 3 nitrogen and oxygen atoms in total. The fourth-order valence-corrected chi connectivity index (χ4v) is 1.38. The molecular formula is C6H17N3S. The van der Waals surface area contributed by atoms with E-state index in [1.54, 1.807) is 11.3 Å². The van der Waals surface area contributed by atoms with Gasteiger partial charge in [-0.05, 0) is 17.0 Å². The summed E-state index contributed by atoms with van der Waals surface area (Å²) in [7, 11) is 0. The third-order valence-electron chi connectivity index (χ3n) is 1.18. The Morgan fingerprint density at radius 3 is 3.30 bits per heavy atom. The zero-order valence-electron chi connectivity index (χ0n) is 15.6. The fourth-order valence-electron chi connectivity index (χ4n) is 0.663. The molecule has 0 N–H and O–H groups in total. The van der Waals surface area contributed by atoms with Gasteiger partial charge in [-0.25, -0.2) is 0 Å². The molecule has 1 aromatic rings. The van der Waals surface area contributed by atoms with E-state index in [0.29, 0.717) is 0 Å². The van der Waals surface area contributed by atoms with Crippen molar-refractivity contribution in [1.82, 2.24) is 0 Å². The highest BCUT2D eigenvalue weighted by Gasteiger charge is 2.00. The molecule has 0 aliphatic rings. The lowest BCUT2D eigenvalue weighted by molar-refractivity contribution is 0.827. The van der Waals surface area contributed by atoms with Gasteiger partial charge >= 0.3 is 0 Å². The van der Waals surface area contributed by atoms with Crippen LogP contribution >= 0.6 is 11.3 Å². The van der Waals surface area contributed by atoms with Crippen molar-refractivity contribution in [1.29, 1.82) is 0 Å². The Morgan fingerprint density at radius 1 is 2.00 bits per heavy atom. The third kappa shape index (κ3) is 1.50. The Bertz CT molecular complexity index is 256. The van der Waals surface area contributed by atoms with Gasteiger partial charge in [-0.3, -0.25) is 0 Å². The monoisotopic (exact) mass is 173 g/mol. The van der Waals surface area contributed by atoms with Gasteiger partial charge in [0.15, 0.2) is 0 Å². The molecule has 0 bridgehead atoms. The lowest BCUT2D eigenvalue weighted by atomic mass is 10.3. The first-order valence-electron chi connectivity index (χ1n) is 7.92. The van der Waals surface area contributed by atoms with Crippen molar-refractivity contribution in [3.05, 3.63) is 32.8 Å². The van der Waals surface area contributed by atoms with Gasteiger partial charge in [0, 0.05) is 24.6 Å². The number of nitrogens with zero attached hydrogens (tertiary/aromatic N) is 3. The van der Waals surface area contributed by atoms with E-state index < -0.39 is 0 Å². The summed E-state index contributed by atoms with van der Waals surface area (Å²) in [6.45, 7) is 1.88. The normalized spacial score (nSPS) is 16.1. The Hall–Kier alpha value is -0.990. The Morgan fingerprint density at radius 2 is 2.80 bits per heavy atom. The quantitative estimate of drug-likeness (QED) is 0.363. The molecule has 0 aliphatic heterocycles. The molecule has 1 heterocycles. The van der Waals surface area contributed by atoms with Crippen LogP contribution in [0.15, 0.2) is 22.6 Å². The number of hydrogen-bond donors (Lipinski definition) is 0. The van der Waals surface area contributed by atoms with Crippen LogP contribution in [0.3, 0.4) is 0 Å². The van der Waals surface area contributed by atoms with Crippen LogP contribution in [0.1, 0.15) is 32.7 Å². The molecule has 4 heteroatoms. The van der Waals surface area contributed by atoms with Gasteiger partial charge in [-0.1, -0.05) is 18.1 Å². The maximum Gasteiger partial charge on any atom is 0.0690 e. The van der Waals surface area contributed by atoms with Gasteiger partial charge in [0.05, 0.1) is 6.04 Å². The van der Waals surface area contributed by atoms with Crippen LogP contribution in [0.2, 0.25) is 0 Å². The largest absolute Gasteiger partial charge is 0.149 e. The minimum Gasteiger partial charge on any atom is -0.149 e. The molecule has 0 aliphatic carbocycles. The van der Waals surface area contributed by atoms with E-state index in [1.165, 1.54) is 0 Å². The van der Waals surface area contributed by atoms with Gasteiger partial charge in [0.25, 0.3) is 0 Å². The second-order valence-corrected chi connectivity index (χ2v) is 2.88. The molecule has 0 aromatic carbocycles. The molecule has 1 rings (SSSR count). The van der Waals surface area contributed by atoms with Crippen molar-refractivity contribution in [2.45, 2.75) is 13.0 Å². The van der Waals surface area contributed by atoms with Crippen LogP contribution in [0.25, 0.3) is 10.4 Å². The summed E-state index contributed by atoms with van der Waals surface area (Å²) < 4.78 is 50.0. The highest BCUT2D eigenvalue weighted by atomic mass is 32.1. The molecule has 1 unspecified atom stereocenters. The molecule has 1 aromatic heterocycles. The summed E-state index contributed by atoms with van der Waals surface area (Å²) in [5, 5.41) is 5.53. The predicted octanol–water partition coefficient (Wildman–Crippen LogP) is 4.35. The minimum atomic E-state index is -0.0231. The molecule has 10 heavy (non-hydrogen) atoms. The Kier molecular flexibility index (Phi) is 0.956. The first kappa shape index (κ1) is 2.95. The predicted molar refractivity (Wildman–Crippen MR) is 52.5 cm³/mol. The summed E-state index contributed by atoms with van der Waals surface area (Å²) in [5.41, 5.74) is 8.10. The van der Waals surface area contributed by atoms with Gasteiger partial charge in [0.1, 0.15) is 0 Å². The van der Waals surface area contributed by atoms with E-state index in [2.05, 4.69) is 10.0 Å². The van der Waals surface area contributed by atoms with Crippen LogP contribution in [0, 0.1) is 0 Å². The number of rotatable bonds is 2. The molecule has 0 saturated heterocycles. The van der Waals surface area contributed by atoms with E-state index in [9.17, 15) is 0 Å². The Labute approximate surface area is 78.4 Å². The highest BCUT2D eigenvalue weighted by Crippen LogP contribution is 2.21. The van der Waals surface area contributed by atoms with E-state index >= 15 is 0 Å². The first-order chi connectivity index (χ1) is 9.84. The summed E-state index contributed by atoms with van der Waals surface area (Å²) in [6, 6.07) is 3.89. The molecule has 0 fully saturated rings. The van der Waals surface area contributed by atoms with Gasteiger partial charge in [0.2, 0.25) is 0 Å². The fraction of sp³-hybridized carbons (Fsp3) is 0.333. The first-order valence-corrected chi connectivity index (χ1v) is 3.80. The zero-order valence-corrected chi connectivity index (χ0v) is 6.38. The van der Waals surface area contributed by atoms with Crippen LogP contribution in [0.5, 0.6) is 0 Å². The van der Waals surface area contributed by atoms with Crippen molar-refractivity contribution < 1.29 is 14.8 Å². The van der Waals surface area contributed by atoms with Crippen LogP contribution in [0.4, 0.5) is 0 Å². The van der Waals surface area contributed by atoms with Gasteiger partial charge in [-0.2, -0.15) is 0 Å². The number of hydrogen-bond acceptors (Lipinski definition) is 2. The summed E-state index contributed by atoms with van der Waals surface area (Å²) in [6.07, 6.45) is 0. The maximum atomic E-state index is 8.10.